The Bertz CT molecular complexity index is 181. The van der Waals surface area contributed by atoms with Crippen LogP contribution in [0.2, 0.25) is 0 Å². The van der Waals surface area contributed by atoms with E-state index in [0.29, 0.717) is 0 Å². The SMILES string of the molecule is CC(CN)C(=O)N[C@@H](C)C(=O)O. The van der Waals surface area contributed by atoms with Crippen molar-refractivity contribution in [3.8, 4) is 0 Å². The molecule has 12 heavy (non-hydrogen) atoms. The summed E-state index contributed by atoms with van der Waals surface area (Å²) in [5.41, 5.74) is 5.22. The molecular weight excluding hydrogens is 160 g/mol. The molecule has 0 aromatic carbocycles. The van der Waals surface area contributed by atoms with Crippen LogP contribution >= 0.6 is 0 Å². The van der Waals surface area contributed by atoms with Crippen LogP contribution in [0.1, 0.15) is 13.8 Å². The molecule has 0 saturated carbocycles. The molecule has 5 heteroatoms. The lowest BCUT2D eigenvalue weighted by atomic mass is 10.1. The highest BCUT2D eigenvalue weighted by Gasteiger charge is 2.17. The van der Waals surface area contributed by atoms with Gasteiger partial charge in [0.2, 0.25) is 5.91 Å². The minimum Gasteiger partial charge on any atom is -0.480 e. The van der Waals surface area contributed by atoms with E-state index in [1.165, 1.54) is 6.92 Å². The van der Waals surface area contributed by atoms with E-state index in [4.69, 9.17) is 10.8 Å². The predicted octanol–water partition coefficient (Wildman–Crippen LogP) is -0.829. The lowest BCUT2D eigenvalue weighted by Gasteiger charge is -2.12. The molecular formula is C7H14N2O3. The molecule has 70 valence electrons. The van der Waals surface area contributed by atoms with Crippen molar-refractivity contribution in [2.75, 3.05) is 6.54 Å². The number of carboxylic acid groups (broad SMARTS) is 1. The molecule has 2 atom stereocenters. The van der Waals surface area contributed by atoms with Gasteiger partial charge in [0, 0.05) is 12.5 Å². The molecule has 0 aliphatic carbocycles. The zero-order chi connectivity index (χ0) is 9.72. The fraction of sp³-hybridized carbons (Fsp3) is 0.714. The van der Waals surface area contributed by atoms with Gasteiger partial charge in [0.15, 0.2) is 0 Å². The third-order valence-electron chi connectivity index (χ3n) is 1.53. The number of carbonyl (C=O) groups is 2. The average Bonchev–Trinajstić information content (AvgIpc) is 2.02. The molecule has 5 nitrogen and oxygen atoms in total. The Kier molecular flexibility index (Phi) is 4.28. The average molecular weight is 174 g/mol. The fourth-order valence-electron chi connectivity index (χ4n) is 0.524. The molecule has 0 aromatic heterocycles. The molecule has 0 rings (SSSR count). The second-order valence-electron chi connectivity index (χ2n) is 2.71. The van der Waals surface area contributed by atoms with Gasteiger partial charge in [0.05, 0.1) is 0 Å². The number of carbonyl (C=O) groups excluding carboxylic acids is 1. The summed E-state index contributed by atoms with van der Waals surface area (Å²) < 4.78 is 0. The Hall–Kier alpha value is -1.10. The number of hydrogen-bond donors (Lipinski definition) is 3. The van der Waals surface area contributed by atoms with Gasteiger partial charge in [-0.15, -0.1) is 0 Å². The summed E-state index contributed by atoms with van der Waals surface area (Å²) >= 11 is 0. The topological polar surface area (TPSA) is 92.4 Å². The van der Waals surface area contributed by atoms with E-state index in [0.717, 1.165) is 0 Å². The summed E-state index contributed by atoms with van der Waals surface area (Å²) in [6.45, 7) is 3.27. The van der Waals surface area contributed by atoms with Gasteiger partial charge in [0.25, 0.3) is 0 Å². The zero-order valence-electron chi connectivity index (χ0n) is 7.20. The summed E-state index contributed by atoms with van der Waals surface area (Å²) in [7, 11) is 0. The van der Waals surface area contributed by atoms with Crippen LogP contribution < -0.4 is 11.1 Å². The van der Waals surface area contributed by atoms with Crippen LogP contribution in [0, 0.1) is 5.92 Å². The summed E-state index contributed by atoms with van der Waals surface area (Å²) in [6, 6.07) is -0.855. The van der Waals surface area contributed by atoms with Crippen molar-refractivity contribution >= 4 is 11.9 Å². The molecule has 0 heterocycles. The summed E-state index contributed by atoms with van der Waals surface area (Å²) in [4.78, 5) is 21.3. The Morgan fingerprint density at radius 1 is 1.50 bits per heavy atom. The summed E-state index contributed by atoms with van der Waals surface area (Å²) in [5, 5.41) is 10.8. The van der Waals surface area contributed by atoms with Crippen molar-refractivity contribution in [3.05, 3.63) is 0 Å². The second kappa shape index (κ2) is 4.71. The van der Waals surface area contributed by atoms with Crippen LogP contribution in [0.4, 0.5) is 0 Å². The monoisotopic (exact) mass is 174 g/mol. The Balaban J connectivity index is 3.92. The summed E-state index contributed by atoms with van der Waals surface area (Å²) in [6.07, 6.45) is 0. The van der Waals surface area contributed by atoms with Gasteiger partial charge in [-0.2, -0.15) is 0 Å². The molecule has 0 radical (unpaired) electrons. The largest absolute Gasteiger partial charge is 0.480 e. The van der Waals surface area contributed by atoms with Crippen LogP contribution in [0.5, 0.6) is 0 Å². The molecule has 4 N–H and O–H groups in total. The van der Waals surface area contributed by atoms with E-state index < -0.39 is 12.0 Å². The number of nitrogens with one attached hydrogen (secondary N) is 1. The van der Waals surface area contributed by atoms with E-state index in [9.17, 15) is 9.59 Å². The third-order valence-corrected chi connectivity index (χ3v) is 1.53. The van der Waals surface area contributed by atoms with Crippen LogP contribution in [0.25, 0.3) is 0 Å². The first kappa shape index (κ1) is 10.9. The number of amides is 1. The number of hydrogen-bond acceptors (Lipinski definition) is 3. The van der Waals surface area contributed by atoms with Gasteiger partial charge >= 0.3 is 5.97 Å². The quantitative estimate of drug-likeness (QED) is 0.518. The number of aliphatic carboxylic acids is 1. The maximum atomic E-state index is 11.0. The first-order valence-corrected chi connectivity index (χ1v) is 3.72. The molecule has 0 bridgehead atoms. The standard InChI is InChI=1S/C7H14N2O3/c1-4(3-8)6(10)9-5(2)7(11)12/h4-5H,3,8H2,1-2H3,(H,9,10)(H,11,12)/t4?,5-/m0/s1. The smallest absolute Gasteiger partial charge is 0.325 e. The first-order chi connectivity index (χ1) is 5.49. The van der Waals surface area contributed by atoms with E-state index in [-0.39, 0.29) is 18.4 Å². The number of rotatable bonds is 4. The van der Waals surface area contributed by atoms with E-state index in [1.807, 2.05) is 0 Å². The lowest BCUT2D eigenvalue weighted by molar-refractivity contribution is -0.141. The van der Waals surface area contributed by atoms with Crippen molar-refractivity contribution in [1.82, 2.24) is 5.32 Å². The van der Waals surface area contributed by atoms with E-state index in [2.05, 4.69) is 5.32 Å². The van der Waals surface area contributed by atoms with Crippen LogP contribution in [-0.4, -0.2) is 29.6 Å². The van der Waals surface area contributed by atoms with E-state index in [1.54, 1.807) is 6.92 Å². The minimum absolute atomic E-state index is 0.220. The maximum absolute atomic E-state index is 11.0. The first-order valence-electron chi connectivity index (χ1n) is 3.72. The Labute approximate surface area is 70.9 Å². The van der Waals surface area contributed by atoms with Crippen LogP contribution in [0.15, 0.2) is 0 Å². The van der Waals surface area contributed by atoms with Gasteiger partial charge in [-0.05, 0) is 6.92 Å². The molecule has 0 aromatic rings. The zero-order valence-corrected chi connectivity index (χ0v) is 7.20. The van der Waals surface area contributed by atoms with Gasteiger partial charge in [-0.1, -0.05) is 6.92 Å². The minimum atomic E-state index is -1.05. The van der Waals surface area contributed by atoms with Gasteiger partial charge in [0.1, 0.15) is 6.04 Å². The van der Waals surface area contributed by atoms with Gasteiger partial charge < -0.3 is 16.2 Å². The number of carboxylic acids is 1. The van der Waals surface area contributed by atoms with Crippen molar-refractivity contribution in [1.29, 1.82) is 0 Å². The van der Waals surface area contributed by atoms with Crippen molar-refractivity contribution in [2.24, 2.45) is 11.7 Å². The molecule has 0 aliphatic heterocycles. The third kappa shape index (κ3) is 3.34. The van der Waals surface area contributed by atoms with Gasteiger partial charge in [-0.3, -0.25) is 9.59 Å². The Morgan fingerprint density at radius 3 is 2.33 bits per heavy atom. The maximum Gasteiger partial charge on any atom is 0.325 e. The predicted molar refractivity (Wildman–Crippen MR) is 43.5 cm³/mol. The van der Waals surface area contributed by atoms with Crippen molar-refractivity contribution in [2.45, 2.75) is 19.9 Å². The molecule has 1 unspecified atom stereocenters. The van der Waals surface area contributed by atoms with Gasteiger partial charge in [-0.25, -0.2) is 0 Å². The van der Waals surface area contributed by atoms with E-state index >= 15 is 0 Å². The van der Waals surface area contributed by atoms with Crippen molar-refractivity contribution in [3.63, 3.8) is 0 Å². The summed E-state index contributed by atoms with van der Waals surface area (Å²) in [5.74, 6) is -1.72. The van der Waals surface area contributed by atoms with Crippen LogP contribution in [-0.2, 0) is 9.59 Å². The molecule has 0 spiro atoms. The molecule has 0 aliphatic rings. The highest BCUT2D eigenvalue weighted by atomic mass is 16.4. The highest BCUT2D eigenvalue weighted by molar-refractivity contribution is 5.84. The highest BCUT2D eigenvalue weighted by Crippen LogP contribution is 1.92. The molecule has 1 amide bonds. The molecule has 0 saturated heterocycles. The van der Waals surface area contributed by atoms with Crippen molar-refractivity contribution < 1.29 is 14.7 Å². The second-order valence-corrected chi connectivity index (χ2v) is 2.71. The number of nitrogens with two attached hydrogens (primary N) is 1. The lowest BCUT2D eigenvalue weighted by Crippen LogP contribution is -2.42. The normalized spacial score (nSPS) is 14.9. The Morgan fingerprint density at radius 2 is 2.00 bits per heavy atom. The van der Waals surface area contributed by atoms with Crippen LogP contribution in [0.3, 0.4) is 0 Å². The fourth-order valence-corrected chi connectivity index (χ4v) is 0.524. The molecule has 0 fully saturated rings.